The number of hydrogen-bond acceptors (Lipinski definition) is 0. The minimum absolute atomic E-state index is 0.281. The summed E-state index contributed by atoms with van der Waals surface area (Å²) >= 11 is 0. The van der Waals surface area contributed by atoms with Crippen molar-refractivity contribution in [2.24, 2.45) is 0 Å². The molecule has 0 radical (unpaired) electrons. The number of hydrogen-bond donors (Lipinski definition) is 0. The van der Waals surface area contributed by atoms with Gasteiger partial charge in [-0.3, -0.25) is 0 Å². The van der Waals surface area contributed by atoms with Gasteiger partial charge in [0.2, 0.25) is 0 Å². The van der Waals surface area contributed by atoms with Crippen LogP contribution in [0.4, 0.5) is 8.78 Å². The van der Waals surface area contributed by atoms with Gasteiger partial charge in [-0.2, -0.15) is 0 Å². The fourth-order valence-electron chi connectivity index (χ4n) is 0.412. The van der Waals surface area contributed by atoms with Gasteiger partial charge in [0, 0.05) is 6.07 Å². The van der Waals surface area contributed by atoms with E-state index in [1.54, 1.807) is 0 Å². The Balaban J connectivity index is 3.17. The zero-order valence-electron chi connectivity index (χ0n) is 4.99. The predicted molar refractivity (Wildman–Crippen MR) is 26.4 cm³/mol. The molecule has 0 heterocycles. The molecule has 0 aliphatic rings. The van der Waals surface area contributed by atoms with Gasteiger partial charge < -0.3 is 0 Å². The second-order valence-corrected chi connectivity index (χ2v) is 1.35. The van der Waals surface area contributed by atoms with Crippen LogP contribution in [0.1, 0.15) is 1.37 Å². The van der Waals surface area contributed by atoms with Crippen LogP contribution in [0.5, 0.6) is 0 Å². The monoisotopic (exact) mass is 115 g/mol. The first-order chi connectivity index (χ1) is 4.20. The molecule has 42 valence electrons. The van der Waals surface area contributed by atoms with Crippen LogP contribution < -0.4 is 0 Å². The van der Waals surface area contributed by atoms with E-state index in [-0.39, 0.29) is 6.04 Å². The Labute approximate surface area is 47.2 Å². The lowest BCUT2D eigenvalue weighted by Crippen LogP contribution is -1.73. The first kappa shape index (κ1) is 4.01. The average molecular weight is 115 g/mol. The van der Waals surface area contributed by atoms with E-state index in [1.165, 1.54) is 0 Å². The molecule has 0 fully saturated rings. The molecular formula is C6H4F2. The maximum Gasteiger partial charge on any atom is 0.126 e. The Kier molecular flexibility index (Phi) is 0.954. The van der Waals surface area contributed by atoms with Gasteiger partial charge >= 0.3 is 0 Å². The molecule has 0 amide bonds. The van der Waals surface area contributed by atoms with E-state index in [0.717, 1.165) is 12.1 Å². The molecule has 1 rings (SSSR count). The van der Waals surface area contributed by atoms with Crippen LogP contribution in [0.25, 0.3) is 0 Å². The number of rotatable bonds is 0. The van der Waals surface area contributed by atoms with E-state index in [9.17, 15) is 8.78 Å². The van der Waals surface area contributed by atoms with Gasteiger partial charge in [0.05, 0.1) is 1.37 Å². The third kappa shape index (κ3) is 1.03. The molecule has 2 heteroatoms. The van der Waals surface area contributed by atoms with Gasteiger partial charge in [0.15, 0.2) is 0 Å². The lowest BCUT2D eigenvalue weighted by atomic mass is 10.3. The summed E-state index contributed by atoms with van der Waals surface area (Å²) in [6.07, 6.45) is 0. The van der Waals surface area contributed by atoms with Crippen LogP contribution in [0, 0.1) is 11.6 Å². The fraction of sp³-hybridized carbons (Fsp3) is 0. The van der Waals surface area contributed by atoms with Crippen molar-refractivity contribution in [1.82, 2.24) is 0 Å². The molecule has 0 saturated carbocycles. The number of benzene rings is 1. The van der Waals surface area contributed by atoms with E-state index in [0.29, 0.717) is 6.07 Å². The highest BCUT2D eigenvalue weighted by molar-refractivity contribution is 5.04. The van der Waals surface area contributed by atoms with Crippen molar-refractivity contribution in [3.8, 4) is 0 Å². The molecular weight excluding hydrogens is 110 g/mol. The molecule has 1 aromatic rings. The summed E-state index contributed by atoms with van der Waals surface area (Å²) in [6.45, 7) is 0. The van der Waals surface area contributed by atoms with Crippen molar-refractivity contribution in [2.45, 2.75) is 0 Å². The first-order valence-electron chi connectivity index (χ1n) is 2.62. The zero-order chi connectivity index (χ0) is 6.85. The lowest BCUT2D eigenvalue weighted by Gasteiger charge is -1.84. The Morgan fingerprint density at radius 3 is 2.62 bits per heavy atom. The molecule has 0 unspecified atom stereocenters. The van der Waals surface area contributed by atoms with Crippen molar-refractivity contribution < 1.29 is 10.2 Å². The summed E-state index contributed by atoms with van der Waals surface area (Å²) in [6, 6.07) is 2.52. The topological polar surface area (TPSA) is 0 Å². The summed E-state index contributed by atoms with van der Waals surface area (Å²) in [4.78, 5) is 0. The standard InChI is InChI=1S/C6H4F2/c7-5-2-1-3-6(8)4-5/h1-4H/i2D. The van der Waals surface area contributed by atoms with Crippen molar-refractivity contribution in [1.29, 1.82) is 0 Å². The quantitative estimate of drug-likeness (QED) is 0.485. The van der Waals surface area contributed by atoms with Crippen LogP contribution in [0.2, 0.25) is 0 Å². The summed E-state index contributed by atoms with van der Waals surface area (Å²) in [7, 11) is 0. The maximum atomic E-state index is 12.2. The summed E-state index contributed by atoms with van der Waals surface area (Å²) in [5, 5.41) is 0. The molecule has 0 aromatic heterocycles. The van der Waals surface area contributed by atoms with Crippen LogP contribution in [0.15, 0.2) is 24.2 Å². The highest BCUT2D eigenvalue weighted by Gasteiger charge is 1.88. The van der Waals surface area contributed by atoms with Gasteiger partial charge in [-0.05, 0) is 12.1 Å². The van der Waals surface area contributed by atoms with Gasteiger partial charge in [0.25, 0.3) is 0 Å². The van der Waals surface area contributed by atoms with Crippen LogP contribution in [-0.4, -0.2) is 0 Å². The SMILES string of the molecule is [2H]c1ccc(F)cc1F. The third-order valence-electron chi connectivity index (χ3n) is 0.728. The molecule has 0 aliphatic carbocycles. The van der Waals surface area contributed by atoms with Crippen molar-refractivity contribution >= 4 is 0 Å². The second-order valence-electron chi connectivity index (χ2n) is 1.35. The molecule has 0 nitrogen and oxygen atoms in total. The van der Waals surface area contributed by atoms with Crippen molar-refractivity contribution in [3.05, 3.63) is 35.9 Å². The Hall–Kier alpha value is -0.920. The number of halogens is 2. The minimum Gasteiger partial charge on any atom is -0.207 e. The molecule has 0 N–H and O–H groups in total. The minimum atomic E-state index is -0.824. The molecule has 0 saturated heterocycles. The van der Waals surface area contributed by atoms with E-state index in [1.807, 2.05) is 0 Å². The molecule has 0 spiro atoms. The maximum absolute atomic E-state index is 12.2. The smallest absolute Gasteiger partial charge is 0.126 e. The van der Waals surface area contributed by atoms with Crippen LogP contribution >= 0.6 is 0 Å². The Bertz CT molecular complexity index is 222. The van der Waals surface area contributed by atoms with Crippen molar-refractivity contribution in [2.75, 3.05) is 0 Å². The van der Waals surface area contributed by atoms with Crippen LogP contribution in [-0.2, 0) is 0 Å². The largest absolute Gasteiger partial charge is 0.207 e. The Morgan fingerprint density at radius 2 is 2.12 bits per heavy atom. The molecule has 0 aliphatic heterocycles. The molecule has 1 aromatic carbocycles. The molecule has 8 heavy (non-hydrogen) atoms. The highest BCUT2D eigenvalue weighted by Crippen LogP contribution is 1.99. The van der Waals surface area contributed by atoms with E-state index < -0.39 is 11.6 Å². The van der Waals surface area contributed by atoms with Gasteiger partial charge in [-0.25, -0.2) is 8.78 Å². The highest BCUT2D eigenvalue weighted by atomic mass is 19.1. The second kappa shape index (κ2) is 1.90. The average Bonchev–Trinajstić information content (AvgIpc) is 1.80. The van der Waals surface area contributed by atoms with Crippen molar-refractivity contribution in [3.63, 3.8) is 0 Å². The summed E-state index contributed by atoms with van der Waals surface area (Å²) in [5.41, 5.74) is 0. The van der Waals surface area contributed by atoms with Crippen LogP contribution in [0.3, 0.4) is 0 Å². The molecule has 0 atom stereocenters. The normalized spacial score (nSPS) is 11.0. The predicted octanol–water partition coefficient (Wildman–Crippen LogP) is 1.96. The van der Waals surface area contributed by atoms with E-state index in [4.69, 9.17) is 1.37 Å². The van der Waals surface area contributed by atoms with Gasteiger partial charge in [-0.1, -0.05) is 6.07 Å². The molecule has 0 bridgehead atoms. The van der Waals surface area contributed by atoms with E-state index >= 15 is 0 Å². The summed E-state index contributed by atoms with van der Waals surface area (Å²) in [5.74, 6) is -1.47. The first-order valence-corrected chi connectivity index (χ1v) is 2.12. The van der Waals surface area contributed by atoms with Gasteiger partial charge in [0.1, 0.15) is 11.6 Å². The fourth-order valence-corrected chi connectivity index (χ4v) is 0.412. The van der Waals surface area contributed by atoms with E-state index in [2.05, 4.69) is 0 Å². The third-order valence-corrected chi connectivity index (χ3v) is 0.728. The Morgan fingerprint density at radius 1 is 1.38 bits per heavy atom. The summed E-state index contributed by atoms with van der Waals surface area (Å²) < 4.78 is 31.0. The zero-order valence-corrected chi connectivity index (χ0v) is 3.99. The van der Waals surface area contributed by atoms with Gasteiger partial charge in [-0.15, -0.1) is 0 Å². The lowest BCUT2D eigenvalue weighted by molar-refractivity contribution is 0.583.